The van der Waals surface area contributed by atoms with Crippen molar-refractivity contribution in [2.24, 2.45) is 0 Å². The summed E-state index contributed by atoms with van der Waals surface area (Å²) in [5.74, 6) is -1.23. The van der Waals surface area contributed by atoms with Crippen LogP contribution in [0.25, 0.3) is 0 Å². The lowest BCUT2D eigenvalue weighted by atomic mass is 10.1. The van der Waals surface area contributed by atoms with E-state index >= 15 is 0 Å². The van der Waals surface area contributed by atoms with Gasteiger partial charge in [0.05, 0.1) is 23.2 Å². The van der Waals surface area contributed by atoms with Crippen molar-refractivity contribution in [2.45, 2.75) is 19.4 Å². The number of halogens is 1. The third kappa shape index (κ3) is 4.26. The SMILES string of the molecule is CC(OC(=O)c1ccc2c(c1)CCN2S(C)(=O)=O)C(=O)Nc1cccnc1Cl. The Morgan fingerprint density at radius 2 is 2.07 bits per heavy atom. The second-order valence-electron chi connectivity index (χ2n) is 6.31. The Morgan fingerprint density at radius 3 is 2.75 bits per heavy atom. The number of anilines is 2. The summed E-state index contributed by atoms with van der Waals surface area (Å²) in [5.41, 5.74) is 1.85. The molecular weight excluding hydrogens is 406 g/mol. The van der Waals surface area contributed by atoms with Crippen molar-refractivity contribution in [3.05, 3.63) is 52.8 Å². The van der Waals surface area contributed by atoms with Gasteiger partial charge >= 0.3 is 5.97 Å². The smallest absolute Gasteiger partial charge is 0.338 e. The lowest BCUT2D eigenvalue weighted by Crippen LogP contribution is -2.30. The fraction of sp³-hybridized carbons (Fsp3) is 0.278. The minimum Gasteiger partial charge on any atom is -0.449 e. The molecule has 2 heterocycles. The lowest BCUT2D eigenvalue weighted by Gasteiger charge is -2.17. The number of nitrogens with zero attached hydrogens (tertiary/aromatic N) is 2. The summed E-state index contributed by atoms with van der Waals surface area (Å²) in [7, 11) is -3.36. The van der Waals surface area contributed by atoms with Gasteiger partial charge in [-0.1, -0.05) is 11.6 Å². The topological polar surface area (TPSA) is 106 Å². The molecule has 1 aliphatic heterocycles. The van der Waals surface area contributed by atoms with Crippen molar-refractivity contribution in [3.8, 4) is 0 Å². The molecule has 148 valence electrons. The van der Waals surface area contributed by atoms with Gasteiger partial charge in [0, 0.05) is 12.7 Å². The van der Waals surface area contributed by atoms with Crippen LogP contribution in [0.1, 0.15) is 22.8 Å². The fourth-order valence-electron chi connectivity index (χ4n) is 2.84. The van der Waals surface area contributed by atoms with Gasteiger partial charge in [-0.25, -0.2) is 18.2 Å². The van der Waals surface area contributed by atoms with E-state index in [4.69, 9.17) is 16.3 Å². The number of aromatic nitrogens is 1. The first-order chi connectivity index (χ1) is 13.2. The summed E-state index contributed by atoms with van der Waals surface area (Å²) in [6.07, 6.45) is 2.06. The number of pyridine rings is 1. The minimum atomic E-state index is -3.36. The van der Waals surface area contributed by atoms with E-state index in [9.17, 15) is 18.0 Å². The number of ether oxygens (including phenoxy) is 1. The number of rotatable bonds is 5. The van der Waals surface area contributed by atoms with Crippen LogP contribution in [0, 0.1) is 0 Å². The van der Waals surface area contributed by atoms with E-state index in [1.165, 1.54) is 23.5 Å². The fourth-order valence-corrected chi connectivity index (χ4v) is 3.96. The number of benzene rings is 1. The number of esters is 1. The van der Waals surface area contributed by atoms with Gasteiger partial charge in [-0.15, -0.1) is 0 Å². The Bertz CT molecular complexity index is 1040. The molecule has 0 aliphatic carbocycles. The number of nitrogens with one attached hydrogen (secondary N) is 1. The zero-order valence-electron chi connectivity index (χ0n) is 15.2. The van der Waals surface area contributed by atoms with Gasteiger partial charge in [0.25, 0.3) is 5.91 Å². The largest absolute Gasteiger partial charge is 0.449 e. The first-order valence-electron chi connectivity index (χ1n) is 8.40. The molecule has 1 unspecified atom stereocenters. The first kappa shape index (κ1) is 20.1. The van der Waals surface area contributed by atoms with Crippen molar-refractivity contribution in [1.29, 1.82) is 0 Å². The Labute approximate surface area is 167 Å². The number of fused-ring (bicyclic) bond motifs is 1. The molecule has 0 fully saturated rings. The zero-order valence-corrected chi connectivity index (χ0v) is 16.7. The van der Waals surface area contributed by atoms with E-state index in [1.807, 2.05) is 0 Å². The molecule has 0 saturated heterocycles. The highest BCUT2D eigenvalue weighted by atomic mass is 35.5. The molecular formula is C18H18ClN3O5S. The molecule has 1 N–H and O–H groups in total. The summed E-state index contributed by atoms with van der Waals surface area (Å²) in [6, 6.07) is 7.83. The summed E-state index contributed by atoms with van der Waals surface area (Å²) in [4.78, 5) is 28.5. The predicted octanol–water partition coefficient (Wildman–Crippen LogP) is 2.24. The lowest BCUT2D eigenvalue weighted by molar-refractivity contribution is -0.123. The van der Waals surface area contributed by atoms with Crippen LogP contribution in [-0.2, 0) is 26.0 Å². The maximum absolute atomic E-state index is 12.4. The zero-order chi connectivity index (χ0) is 20.5. The molecule has 1 aromatic carbocycles. The van der Waals surface area contributed by atoms with Gasteiger partial charge in [0.1, 0.15) is 0 Å². The molecule has 0 spiro atoms. The normalized spacial score (nSPS) is 14.3. The third-order valence-electron chi connectivity index (χ3n) is 4.24. The van der Waals surface area contributed by atoms with E-state index in [0.717, 1.165) is 11.8 Å². The summed E-state index contributed by atoms with van der Waals surface area (Å²) < 4.78 is 30.1. The number of hydrogen-bond donors (Lipinski definition) is 1. The number of carbonyl (C=O) groups excluding carboxylic acids is 2. The summed E-state index contributed by atoms with van der Waals surface area (Å²) in [5, 5.41) is 2.68. The predicted molar refractivity (Wildman–Crippen MR) is 105 cm³/mol. The molecule has 2 aromatic rings. The molecule has 0 bridgehead atoms. The van der Waals surface area contributed by atoms with Crippen LogP contribution in [0.15, 0.2) is 36.5 Å². The third-order valence-corrected chi connectivity index (χ3v) is 5.72. The van der Waals surface area contributed by atoms with E-state index in [0.29, 0.717) is 24.3 Å². The monoisotopic (exact) mass is 423 g/mol. The van der Waals surface area contributed by atoms with Crippen LogP contribution in [0.5, 0.6) is 0 Å². The molecule has 28 heavy (non-hydrogen) atoms. The van der Waals surface area contributed by atoms with Crippen LogP contribution in [0.4, 0.5) is 11.4 Å². The second-order valence-corrected chi connectivity index (χ2v) is 8.57. The van der Waals surface area contributed by atoms with E-state index in [1.54, 1.807) is 24.3 Å². The Hall–Kier alpha value is -2.65. The van der Waals surface area contributed by atoms with Gasteiger partial charge in [-0.05, 0) is 49.2 Å². The van der Waals surface area contributed by atoms with Crippen molar-refractivity contribution in [1.82, 2.24) is 4.98 Å². The molecule has 0 radical (unpaired) electrons. The van der Waals surface area contributed by atoms with E-state index in [-0.39, 0.29) is 10.7 Å². The number of sulfonamides is 1. The van der Waals surface area contributed by atoms with Crippen LogP contribution in [0.2, 0.25) is 5.15 Å². The molecule has 8 nitrogen and oxygen atoms in total. The van der Waals surface area contributed by atoms with E-state index in [2.05, 4.69) is 10.3 Å². The minimum absolute atomic E-state index is 0.128. The highest BCUT2D eigenvalue weighted by Crippen LogP contribution is 2.31. The summed E-state index contributed by atoms with van der Waals surface area (Å²) >= 11 is 5.89. The maximum atomic E-state index is 12.4. The second kappa shape index (κ2) is 7.76. The Morgan fingerprint density at radius 1 is 1.32 bits per heavy atom. The summed E-state index contributed by atoms with van der Waals surface area (Å²) in [6.45, 7) is 1.77. The van der Waals surface area contributed by atoms with Crippen LogP contribution in [-0.4, -0.2) is 44.2 Å². The molecule has 0 saturated carbocycles. The molecule has 1 aliphatic rings. The highest BCUT2D eigenvalue weighted by molar-refractivity contribution is 7.92. The van der Waals surface area contributed by atoms with Gasteiger partial charge in [-0.3, -0.25) is 9.10 Å². The molecule has 1 aromatic heterocycles. The van der Waals surface area contributed by atoms with Crippen molar-refractivity contribution in [3.63, 3.8) is 0 Å². The average molecular weight is 424 g/mol. The molecule has 3 rings (SSSR count). The van der Waals surface area contributed by atoms with Crippen molar-refractivity contribution < 1.29 is 22.7 Å². The van der Waals surface area contributed by atoms with Crippen LogP contribution < -0.4 is 9.62 Å². The first-order valence-corrected chi connectivity index (χ1v) is 10.6. The number of carbonyl (C=O) groups is 2. The molecule has 1 atom stereocenters. The standard InChI is InChI=1S/C18H18ClN3O5S/c1-11(17(23)21-14-4-3-8-20-16(14)19)27-18(24)13-5-6-15-12(10-13)7-9-22(15)28(2,25)26/h3-6,8,10-11H,7,9H2,1-2H3,(H,21,23). The quantitative estimate of drug-likeness (QED) is 0.584. The highest BCUT2D eigenvalue weighted by Gasteiger charge is 2.27. The van der Waals surface area contributed by atoms with Gasteiger partial charge < -0.3 is 10.1 Å². The number of hydrogen-bond acceptors (Lipinski definition) is 6. The Kier molecular flexibility index (Phi) is 5.57. The number of amides is 1. The van der Waals surface area contributed by atoms with Crippen LogP contribution in [0.3, 0.4) is 0 Å². The molecule has 1 amide bonds. The van der Waals surface area contributed by atoms with E-state index < -0.39 is 28.0 Å². The maximum Gasteiger partial charge on any atom is 0.338 e. The van der Waals surface area contributed by atoms with Crippen molar-refractivity contribution >= 4 is 44.9 Å². The van der Waals surface area contributed by atoms with Gasteiger partial charge in [-0.2, -0.15) is 0 Å². The Balaban J connectivity index is 1.68. The average Bonchev–Trinajstić information content (AvgIpc) is 3.07. The van der Waals surface area contributed by atoms with Gasteiger partial charge in [0.2, 0.25) is 10.0 Å². The van der Waals surface area contributed by atoms with Gasteiger partial charge in [0.15, 0.2) is 11.3 Å². The van der Waals surface area contributed by atoms with Crippen LogP contribution >= 0.6 is 11.6 Å². The van der Waals surface area contributed by atoms with Crippen molar-refractivity contribution in [2.75, 3.05) is 22.4 Å². The molecule has 10 heteroatoms.